The summed E-state index contributed by atoms with van der Waals surface area (Å²) in [4.78, 5) is 0. The van der Waals surface area contributed by atoms with Crippen LogP contribution in [-0.2, 0) is 0 Å². The molecule has 2 aromatic heterocycles. The fourth-order valence-corrected chi connectivity index (χ4v) is 2.25. The van der Waals surface area contributed by atoms with Crippen LogP contribution in [0, 0.1) is 0 Å². The van der Waals surface area contributed by atoms with Gasteiger partial charge >= 0.3 is 0 Å². The van der Waals surface area contributed by atoms with E-state index in [1.165, 1.54) is 10.1 Å². The Morgan fingerprint density at radius 2 is 2.21 bits per heavy atom. The Kier molecular flexibility index (Phi) is 1.61. The van der Waals surface area contributed by atoms with Gasteiger partial charge in [-0.1, -0.05) is 11.3 Å². The Morgan fingerprint density at radius 3 is 3.07 bits per heavy atom. The molecule has 1 aromatic carbocycles. The second-order valence-corrected chi connectivity index (χ2v) is 3.94. The highest BCUT2D eigenvalue weighted by Crippen LogP contribution is 2.22. The normalized spacial score (nSPS) is 10.9. The molecule has 0 spiro atoms. The first-order valence-corrected chi connectivity index (χ1v) is 5.15. The molecular formula is C10H7N3S. The van der Waals surface area contributed by atoms with Crippen molar-refractivity contribution >= 4 is 21.4 Å². The number of nitrogens with zero attached hydrogens (tertiary/aromatic N) is 3. The summed E-state index contributed by atoms with van der Waals surface area (Å²) in [5, 5.41) is 11.1. The van der Waals surface area contributed by atoms with Crippen molar-refractivity contribution in [1.82, 2.24) is 15.0 Å². The molecule has 0 unspecified atom stereocenters. The molecule has 0 N–H and O–H groups in total. The molecule has 3 nitrogen and oxygen atoms in total. The van der Waals surface area contributed by atoms with E-state index in [1.807, 2.05) is 12.3 Å². The molecule has 0 aliphatic rings. The van der Waals surface area contributed by atoms with Crippen LogP contribution in [0.15, 0.2) is 42.0 Å². The average molecular weight is 201 g/mol. The van der Waals surface area contributed by atoms with Crippen molar-refractivity contribution in [3.8, 4) is 5.69 Å². The van der Waals surface area contributed by atoms with Crippen LogP contribution in [0.2, 0.25) is 0 Å². The highest BCUT2D eigenvalue weighted by Gasteiger charge is 1.99. The lowest BCUT2D eigenvalue weighted by Crippen LogP contribution is -1.93. The molecule has 3 aromatic rings. The summed E-state index contributed by atoms with van der Waals surface area (Å²) in [5.41, 5.74) is 1.05. The number of fused-ring (bicyclic) bond motifs is 1. The van der Waals surface area contributed by atoms with Gasteiger partial charge < -0.3 is 0 Å². The van der Waals surface area contributed by atoms with Crippen LogP contribution in [0.5, 0.6) is 0 Å². The maximum Gasteiger partial charge on any atom is 0.0697 e. The first kappa shape index (κ1) is 7.70. The molecule has 4 heteroatoms. The first-order valence-electron chi connectivity index (χ1n) is 4.27. The van der Waals surface area contributed by atoms with Gasteiger partial charge in [-0.15, -0.1) is 16.4 Å². The Labute approximate surface area is 84.6 Å². The van der Waals surface area contributed by atoms with Crippen LogP contribution < -0.4 is 0 Å². The predicted molar refractivity (Wildman–Crippen MR) is 56.7 cm³/mol. The molecule has 68 valence electrons. The third-order valence-corrected chi connectivity index (χ3v) is 3.01. The van der Waals surface area contributed by atoms with Crippen LogP contribution in [0.25, 0.3) is 15.8 Å². The standard InChI is InChI=1S/C10H7N3S/c1-2-9(13-5-4-11-12-13)7-10-8(1)3-6-14-10/h1-7H. The highest BCUT2D eigenvalue weighted by atomic mass is 32.1. The minimum absolute atomic E-state index is 1.05. The van der Waals surface area contributed by atoms with E-state index in [2.05, 4.69) is 33.9 Å². The fraction of sp³-hybridized carbons (Fsp3) is 0. The van der Waals surface area contributed by atoms with E-state index in [0.717, 1.165) is 5.69 Å². The van der Waals surface area contributed by atoms with Crippen LogP contribution in [0.3, 0.4) is 0 Å². The molecule has 0 aliphatic heterocycles. The third kappa shape index (κ3) is 1.12. The Hall–Kier alpha value is -1.68. The predicted octanol–water partition coefficient (Wildman–Crippen LogP) is 2.48. The zero-order valence-electron chi connectivity index (χ0n) is 7.29. The second kappa shape index (κ2) is 2.92. The molecule has 0 atom stereocenters. The van der Waals surface area contributed by atoms with Crippen molar-refractivity contribution in [1.29, 1.82) is 0 Å². The van der Waals surface area contributed by atoms with Crippen LogP contribution in [0.4, 0.5) is 0 Å². The first-order chi connectivity index (χ1) is 6.93. The molecular weight excluding hydrogens is 194 g/mol. The molecule has 0 saturated heterocycles. The SMILES string of the molecule is c1cn(-c2ccc3ccsc3c2)nn1. The number of hydrogen-bond acceptors (Lipinski definition) is 3. The lowest BCUT2D eigenvalue weighted by atomic mass is 10.2. The molecule has 0 aliphatic carbocycles. The fourth-order valence-electron chi connectivity index (χ4n) is 1.43. The number of benzene rings is 1. The minimum atomic E-state index is 1.05. The van der Waals surface area contributed by atoms with Crippen LogP contribution >= 0.6 is 11.3 Å². The van der Waals surface area contributed by atoms with Gasteiger partial charge in [0.1, 0.15) is 0 Å². The van der Waals surface area contributed by atoms with E-state index in [-0.39, 0.29) is 0 Å². The van der Waals surface area contributed by atoms with E-state index in [1.54, 1.807) is 22.2 Å². The molecule has 0 fully saturated rings. The maximum absolute atomic E-state index is 3.95. The highest BCUT2D eigenvalue weighted by molar-refractivity contribution is 7.17. The minimum Gasteiger partial charge on any atom is -0.221 e. The smallest absolute Gasteiger partial charge is 0.0697 e. The number of hydrogen-bond donors (Lipinski definition) is 0. The van der Waals surface area contributed by atoms with Gasteiger partial charge in [0, 0.05) is 4.70 Å². The van der Waals surface area contributed by atoms with Crippen molar-refractivity contribution in [2.45, 2.75) is 0 Å². The summed E-state index contributed by atoms with van der Waals surface area (Å²) in [6.07, 6.45) is 3.52. The Balaban J connectivity index is 2.23. The number of aromatic nitrogens is 3. The number of thiophene rings is 1. The molecule has 0 bridgehead atoms. The number of rotatable bonds is 1. The van der Waals surface area contributed by atoms with Crippen molar-refractivity contribution < 1.29 is 0 Å². The Bertz CT molecular complexity index is 554. The van der Waals surface area contributed by atoms with Crippen LogP contribution in [-0.4, -0.2) is 15.0 Å². The molecule has 0 saturated carbocycles. The molecule has 3 rings (SSSR count). The summed E-state index contributed by atoms with van der Waals surface area (Å²) >= 11 is 1.74. The zero-order valence-corrected chi connectivity index (χ0v) is 8.11. The van der Waals surface area contributed by atoms with Gasteiger partial charge in [0.25, 0.3) is 0 Å². The van der Waals surface area contributed by atoms with E-state index >= 15 is 0 Å². The summed E-state index contributed by atoms with van der Waals surface area (Å²) in [6.45, 7) is 0. The largest absolute Gasteiger partial charge is 0.221 e. The Morgan fingerprint density at radius 1 is 1.21 bits per heavy atom. The molecule has 14 heavy (non-hydrogen) atoms. The van der Waals surface area contributed by atoms with E-state index in [9.17, 15) is 0 Å². The van der Waals surface area contributed by atoms with Gasteiger partial charge in [0.05, 0.1) is 18.1 Å². The maximum atomic E-state index is 3.95. The van der Waals surface area contributed by atoms with E-state index in [4.69, 9.17) is 0 Å². The summed E-state index contributed by atoms with van der Waals surface area (Å²) in [6, 6.07) is 8.38. The second-order valence-electron chi connectivity index (χ2n) is 2.99. The quantitative estimate of drug-likeness (QED) is 0.605. The monoisotopic (exact) mass is 201 g/mol. The van der Waals surface area contributed by atoms with Gasteiger partial charge in [-0.05, 0) is 29.0 Å². The van der Waals surface area contributed by atoms with Gasteiger partial charge in [-0.3, -0.25) is 0 Å². The summed E-state index contributed by atoms with van der Waals surface area (Å²) < 4.78 is 3.04. The molecule has 2 heterocycles. The van der Waals surface area contributed by atoms with Crippen molar-refractivity contribution in [2.24, 2.45) is 0 Å². The zero-order chi connectivity index (χ0) is 9.38. The van der Waals surface area contributed by atoms with Crippen molar-refractivity contribution in [3.05, 3.63) is 42.0 Å². The van der Waals surface area contributed by atoms with Gasteiger partial charge in [0.2, 0.25) is 0 Å². The lowest BCUT2D eigenvalue weighted by Gasteiger charge is -1.98. The average Bonchev–Trinajstić information content (AvgIpc) is 2.88. The van der Waals surface area contributed by atoms with Gasteiger partial charge in [0.15, 0.2) is 0 Å². The van der Waals surface area contributed by atoms with E-state index < -0.39 is 0 Å². The lowest BCUT2D eigenvalue weighted by molar-refractivity contribution is 0.804. The topological polar surface area (TPSA) is 30.7 Å². The van der Waals surface area contributed by atoms with Crippen molar-refractivity contribution in [3.63, 3.8) is 0 Å². The van der Waals surface area contributed by atoms with E-state index in [0.29, 0.717) is 0 Å². The molecule has 0 radical (unpaired) electrons. The summed E-state index contributed by atoms with van der Waals surface area (Å²) in [7, 11) is 0. The third-order valence-electron chi connectivity index (χ3n) is 2.13. The van der Waals surface area contributed by atoms with Crippen molar-refractivity contribution in [2.75, 3.05) is 0 Å². The molecule has 0 amide bonds. The van der Waals surface area contributed by atoms with Gasteiger partial charge in [-0.25, -0.2) is 4.68 Å². The van der Waals surface area contributed by atoms with Crippen LogP contribution in [0.1, 0.15) is 0 Å². The van der Waals surface area contributed by atoms with Gasteiger partial charge in [-0.2, -0.15) is 0 Å². The summed E-state index contributed by atoms with van der Waals surface area (Å²) in [5.74, 6) is 0.